The summed E-state index contributed by atoms with van der Waals surface area (Å²) in [6.07, 6.45) is 3.28. The predicted molar refractivity (Wildman–Crippen MR) is 53.5 cm³/mol. The van der Waals surface area contributed by atoms with E-state index < -0.39 is 16.5 Å². The van der Waals surface area contributed by atoms with Crippen LogP contribution in [0.5, 0.6) is 0 Å². The number of carboxylic acids is 1. The summed E-state index contributed by atoms with van der Waals surface area (Å²) in [4.78, 5) is 28.7. The van der Waals surface area contributed by atoms with Crippen LogP contribution in [0.3, 0.4) is 0 Å². The number of unbranched alkanes of at least 4 members (excludes halogenated alkanes) is 2. The molecule has 82 valence electrons. The van der Waals surface area contributed by atoms with Gasteiger partial charge in [0.1, 0.15) is 0 Å². The Morgan fingerprint density at radius 3 is 1.71 bits per heavy atom. The van der Waals surface area contributed by atoms with Crippen LogP contribution in [0.25, 0.3) is 0 Å². The Hall–Kier alpha value is -0.610. The van der Waals surface area contributed by atoms with E-state index in [1.165, 1.54) is 0 Å². The molecule has 0 saturated carbocycles. The van der Waals surface area contributed by atoms with Gasteiger partial charge in [0.15, 0.2) is 0 Å². The number of rotatable bonds is 5. The van der Waals surface area contributed by atoms with Gasteiger partial charge in [-0.2, -0.15) is 0 Å². The molecular formula is C8H12Cl2O4. The average molecular weight is 243 g/mol. The molecule has 4 nitrogen and oxygen atoms in total. The lowest BCUT2D eigenvalue weighted by molar-refractivity contribution is -0.137. The van der Waals surface area contributed by atoms with Crippen molar-refractivity contribution in [1.82, 2.24) is 0 Å². The molecule has 0 aromatic carbocycles. The molecule has 0 aromatic heterocycles. The van der Waals surface area contributed by atoms with Crippen LogP contribution in [0.15, 0.2) is 0 Å². The Kier molecular flexibility index (Phi) is 11.9. The van der Waals surface area contributed by atoms with Gasteiger partial charge < -0.3 is 5.11 Å². The van der Waals surface area contributed by atoms with Crippen LogP contribution >= 0.6 is 23.2 Å². The van der Waals surface area contributed by atoms with E-state index in [2.05, 4.69) is 30.1 Å². The molecule has 0 amide bonds. The minimum absolute atomic E-state index is 0.327. The number of carbonyl (C=O) groups is 3. The third-order valence-electron chi connectivity index (χ3n) is 1.15. The summed E-state index contributed by atoms with van der Waals surface area (Å²) in [6, 6.07) is 0. The van der Waals surface area contributed by atoms with Gasteiger partial charge in [-0.3, -0.25) is 14.4 Å². The van der Waals surface area contributed by atoms with E-state index in [0.29, 0.717) is 6.42 Å². The first-order valence-corrected chi connectivity index (χ1v) is 4.78. The second-order valence-corrected chi connectivity index (χ2v) is 3.08. The number of aliphatic carboxylic acids is 1. The van der Waals surface area contributed by atoms with Gasteiger partial charge in [0, 0.05) is 6.42 Å². The quantitative estimate of drug-likeness (QED) is 0.456. The Morgan fingerprint density at radius 1 is 1.07 bits per heavy atom. The lowest BCUT2D eigenvalue weighted by Crippen LogP contribution is -1.94. The molecule has 0 aliphatic heterocycles. The standard InChI is InChI=1S/C6H12O2.C2Cl2O2/c1-2-3-4-5-6(7)8;3-1(5)2(4)6/h2-5H2,1H3,(H,7,8);. The molecule has 0 aliphatic rings. The minimum Gasteiger partial charge on any atom is -0.481 e. The van der Waals surface area contributed by atoms with Gasteiger partial charge >= 0.3 is 16.5 Å². The lowest BCUT2D eigenvalue weighted by atomic mass is 10.2. The Bertz CT molecular complexity index is 192. The van der Waals surface area contributed by atoms with Gasteiger partial charge in [0.25, 0.3) is 0 Å². The maximum atomic E-state index is 9.87. The maximum absolute atomic E-state index is 9.87. The van der Waals surface area contributed by atoms with Crippen molar-refractivity contribution in [2.45, 2.75) is 32.6 Å². The van der Waals surface area contributed by atoms with E-state index in [1.54, 1.807) is 0 Å². The van der Waals surface area contributed by atoms with Crippen LogP contribution in [-0.4, -0.2) is 21.6 Å². The molecule has 0 aromatic rings. The summed E-state index contributed by atoms with van der Waals surface area (Å²) in [5.74, 6) is -0.682. The van der Waals surface area contributed by atoms with Crippen molar-refractivity contribution >= 4 is 39.7 Å². The molecule has 0 spiro atoms. The molecule has 0 radical (unpaired) electrons. The van der Waals surface area contributed by atoms with Crippen LogP contribution in [0, 0.1) is 0 Å². The molecule has 0 unspecified atom stereocenters. The molecule has 0 rings (SSSR count). The zero-order valence-corrected chi connectivity index (χ0v) is 9.27. The normalized spacial score (nSPS) is 8.50. The van der Waals surface area contributed by atoms with E-state index >= 15 is 0 Å². The number of carbonyl (C=O) groups excluding carboxylic acids is 2. The second-order valence-electron chi connectivity index (χ2n) is 2.40. The highest BCUT2D eigenvalue weighted by Crippen LogP contribution is 1.97. The van der Waals surface area contributed by atoms with E-state index in [4.69, 9.17) is 5.11 Å². The largest absolute Gasteiger partial charge is 0.481 e. The molecular weight excluding hydrogens is 231 g/mol. The summed E-state index contributed by atoms with van der Waals surface area (Å²) in [5, 5.41) is 5.86. The first-order chi connectivity index (χ1) is 6.41. The number of halogens is 2. The van der Waals surface area contributed by atoms with Gasteiger partial charge in [-0.15, -0.1) is 0 Å². The Balaban J connectivity index is 0. The number of hydrogen-bond donors (Lipinski definition) is 1. The van der Waals surface area contributed by atoms with Crippen LogP contribution in [0.2, 0.25) is 0 Å². The smallest absolute Gasteiger partial charge is 0.304 e. The van der Waals surface area contributed by atoms with Gasteiger partial charge in [-0.25, -0.2) is 0 Å². The third-order valence-corrected chi connectivity index (χ3v) is 1.59. The fourth-order valence-electron chi connectivity index (χ4n) is 0.526. The van der Waals surface area contributed by atoms with Crippen LogP contribution in [0.4, 0.5) is 0 Å². The Morgan fingerprint density at radius 2 is 1.50 bits per heavy atom. The average Bonchev–Trinajstić information content (AvgIpc) is 2.05. The molecule has 0 saturated heterocycles. The monoisotopic (exact) mass is 242 g/mol. The summed E-state index contributed by atoms with van der Waals surface area (Å²) in [7, 11) is 0. The van der Waals surface area contributed by atoms with Crippen LogP contribution in [-0.2, 0) is 14.4 Å². The van der Waals surface area contributed by atoms with Crippen molar-refractivity contribution in [3.05, 3.63) is 0 Å². The lowest BCUT2D eigenvalue weighted by Gasteiger charge is -1.89. The molecule has 0 aliphatic carbocycles. The summed E-state index contributed by atoms with van der Waals surface area (Å²) in [5.41, 5.74) is 0. The second kappa shape index (κ2) is 10.5. The van der Waals surface area contributed by atoms with Gasteiger partial charge in [0.05, 0.1) is 0 Å². The maximum Gasteiger partial charge on any atom is 0.304 e. The molecule has 1 N–H and O–H groups in total. The van der Waals surface area contributed by atoms with Crippen LogP contribution in [0.1, 0.15) is 32.6 Å². The summed E-state index contributed by atoms with van der Waals surface area (Å²) >= 11 is 8.98. The van der Waals surface area contributed by atoms with Gasteiger partial charge in [-0.05, 0) is 29.6 Å². The molecule has 0 heterocycles. The minimum atomic E-state index is -1.14. The summed E-state index contributed by atoms with van der Waals surface area (Å²) < 4.78 is 0. The highest BCUT2D eigenvalue weighted by molar-refractivity contribution is 6.97. The topological polar surface area (TPSA) is 71.4 Å². The van der Waals surface area contributed by atoms with E-state index in [-0.39, 0.29) is 0 Å². The first-order valence-electron chi connectivity index (χ1n) is 4.02. The molecule has 0 bridgehead atoms. The predicted octanol–water partition coefficient (Wildman–Crippen LogP) is 2.17. The van der Waals surface area contributed by atoms with E-state index in [1.807, 2.05) is 0 Å². The molecule has 0 fully saturated rings. The fraction of sp³-hybridized carbons (Fsp3) is 0.625. The number of hydrogen-bond acceptors (Lipinski definition) is 3. The van der Waals surface area contributed by atoms with Gasteiger partial charge in [0.2, 0.25) is 0 Å². The highest BCUT2D eigenvalue weighted by atomic mass is 35.5. The SMILES string of the molecule is CCCCCC(=O)O.O=C(Cl)C(=O)Cl. The first kappa shape index (κ1) is 15.8. The van der Waals surface area contributed by atoms with Gasteiger partial charge in [-0.1, -0.05) is 19.8 Å². The third kappa shape index (κ3) is 17.5. The Labute approximate surface area is 92.2 Å². The molecule has 14 heavy (non-hydrogen) atoms. The summed E-state index contributed by atoms with van der Waals surface area (Å²) in [6.45, 7) is 2.06. The molecule has 6 heteroatoms. The van der Waals surface area contributed by atoms with Crippen molar-refractivity contribution in [2.24, 2.45) is 0 Å². The molecule has 0 atom stereocenters. The van der Waals surface area contributed by atoms with Crippen LogP contribution < -0.4 is 0 Å². The zero-order chi connectivity index (χ0) is 11.6. The van der Waals surface area contributed by atoms with Crippen molar-refractivity contribution in [1.29, 1.82) is 0 Å². The fourth-order valence-corrected chi connectivity index (χ4v) is 0.526. The van der Waals surface area contributed by atoms with E-state index in [9.17, 15) is 14.4 Å². The van der Waals surface area contributed by atoms with Crippen molar-refractivity contribution in [3.63, 3.8) is 0 Å². The van der Waals surface area contributed by atoms with Crippen molar-refractivity contribution in [3.8, 4) is 0 Å². The van der Waals surface area contributed by atoms with Crippen molar-refractivity contribution in [2.75, 3.05) is 0 Å². The van der Waals surface area contributed by atoms with E-state index in [0.717, 1.165) is 19.3 Å². The number of carboxylic acid groups (broad SMARTS) is 1. The zero-order valence-electron chi connectivity index (χ0n) is 7.76. The van der Waals surface area contributed by atoms with Crippen molar-refractivity contribution < 1.29 is 19.5 Å². The highest BCUT2D eigenvalue weighted by Gasteiger charge is 2.01.